The first kappa shape index (κ1) is 99.6. The lowest BCUT2D eigenvalue weighted by molar-refractivity contribution is -0.392. The van der Waals surface area contributed by atoms with E-state index >= 15 is 0 Å². The van der Waals surface area contributed by atoms with Gasteiger partial charge in [-0.05, 0) is 19.3 Å². The second-order valence-corrected chi connectivity index (χ2v) is 31.4. The topological polar surface area (TPSA) is 532 Å². The zero-order valence-electron chi connectivity index (χ0n) is 66.5. The number of hydrogen-bond acceptors (Lipinski definition) is 30. The first-order valence-corrected chi connectivity index (χ1v) is 42.1. The highest BCUT2D eigenvalue weighted by Gasteiger charge is 2.61. The van der Waals surface area contributed by atoms with Crippen molar-refractivity contribution < 1.29 is 154 Å². The van der Waals surface area contributed by atoms with E-state index in [-0.39, 0.29) is 12.3 Å². The van der Waals surface area contributed by atoms with E-state index in [2.05, 4.69) is 24.5 Å². The molecule has 10 unspecified atom stereocenters. The minimum Gasteiger partial charge on any atom is -0.477 e. The molecule has 656 valence electrons. The summed E-state index contributed by atoms with van der Waals surface area (Å²) in [7, 11) is 0. The van der Waals surface area contributed by atoms with Crippen molar-refractivity contribution in [2.45, 2.75) is 430 Å². The Hall–Kier alpha value is -2.93. The van der Waals surface area contributed by atoms with Crippen molar-refractivity contribution in [1.82, 2.24) is 10.6 Å². The van der Waals surface area contributed by atoms with Gasteiger partial charge in [0.05, 0.1) is 57.9 Å². The van der Waals surface area contributed by atoms with Crippen molar-refractivity contribution >= 4 is 17.8 Å². The van der Waals surface area contributed by atoms with Gasteiger partial charge in [0.1, 0.15) is 122 Å². The van der Waals surface area contributed by atoms with Crippen molar-refractivity contribution in [3.05, 3.63) is 12.2 Å². The Kier molecular flexibility index (Phi) is 48.9. The molecule has 0 spiro atoms. The minimum absolute atomic E-state index is 0.172. The molecule has 20 N–H and O–H groups in total. The number of rotatable bonds is 59. The summed E-state index contributed by atoms with van der Waals surface area (Å²) in [5.41, 5.74) is 0. The standard InChI is InChI=1S/C79H144N2O31/c1-4-6-8-10-12-14-16-18-19-20-21-22-23-24-25-26-27-29-31-33-35-37-39-41-58(91)81-50(51(88)40-38-36-34-32-30-28-17-15-13-11-9-7-5-2)48-103-75-66(98)65(97)69(57(47-86)107-75)108-76-67(99)71(63(95)55(45-84)105-76)110-74-59(80-49(3)87)70(62(94)54(44-83)104-74)109-77-68(100)73(64(96)56(46-85)106-77)112-79(78(101)102)42-52(89)60(92)72(111-79)61(93)53(90)43-82/h38,40,50-57,59-77,82-86,88-90,92-100H,4-37,39,41-48H2,1-3H3,(H,80,87)(H,81,91)(H,101,102)/b40-38+/t50-,51+,52?,53+,54?,55?,56?,57?,59?,60+,61+,62+,63-,64-,65+,66?,67?,68?,69+,70+,71-,72?,73-,74-,75+,76-,77-,79-/m0/s1. The number of aliphatic hydroxyl groups excluding tert-OH is 17. The zero-order valence-corrected chi connectivity index (χ0v) is 66.5. The van der Waals surface area contributed by atoms with Crippen LogP contribution in [-0.2, 0) is 61.8 Å². The number of hydrogen-bond donors (Lipinski definition) is 20. The molecule has 33 heteroatoms. The number of carboxylic acids is 1. The fourth-order valence-electron chi connectivity index (χ4n) is 15.3. The van der Waals surface area contributed by atoms with Crippen LogP contribution in [0.3, 0.4) is 0 Å². The fourth-order valence-corrected chi connectivity index (χ4v) is 15.3. The predicted octanol–water partition coefficient (Wildman–Crippen LogP) is 1.93. The number of nitrogens with one attached hydrogen (secondary N) is 2. The Balaban J connectivity index is 1.20. The molecule has 0 aliphatic carbocycles. The number of ether oxygens (including phenoxy) is 10. The highest BCUT2D eigenvalue weighted by Crippen LogP contribution is 2.40. The molecule has 2 amide bonds. The van der Waals surface area contributed by atoms with Crippen molar-refractivity contribution in [1.29, 1.82) is 0 Å². The summed E-state index contributed by atoms with van der Waals surface area (Å²) in [5, 5.41) is 204. The third-order valence-corrected chi connectivity index (χ3v) is 22.2. The van der Waals surface area contributed by atoms with Gasteiger partial charge in [-0.1, -0.05) is 231 Å². The molecule has 0 aromatic rings. The lowest BCUT2D eigenvalue weighted by atomic mass is 9.90. The van der Waals surface area contributed by atoms with Crippen LogP contribution in [0.2, 0.25) is 0 Å². The van der Waals surface area contributed by atoms with E-state index in [1.165, 1.54) is 161 Å². The average Bonchev–Trinajstić information content (AvgIpc) is 0.756. The molecule has 5 heterocycles. The van der Waals surface area contributed by atoms with Crippen LogP contribution >= 0.6 is 0 Å². The van der Waals surface area contributed by atoms with Gasteiger partial charge >= 0.3 is 5.97 Å². The summed E-state index contributed by atoms with van der Waals surface area (Å²) in [6, 6.07) is -2.97. The molecular formula is C79H144N2O31. The van der Waals surface area contributed by atoms with E-state index in [4.69, 9.17) is 47.4 Å². The molecule has 33 nitrogen and oxygen atoms in total. The van der Waals surface area contributed by atoms with Crippen LogP contribution in [0.4, 0.5) is 0 Å². The highest BCUT2D eigenvalue weighted by atomic mass is 16.8. The molecule has 0 bridgehead atoms. The van der Waals surface area contributed by atoms with Crippen molar-refractivity contribution in [2.24, 2.45) is 0 Å². The van der Waals surface area contributed by atoms with Crippen molar-refractivity contribution in [3.8, 4) is 0 Å². The molecule has 5 aliphatic heterocycles. The summed E-state index contributed by atoms with van der Waals surface area (Å²) in [5.74, 6) is -6.56. The molecule has 0 radical (unpaired) electrons. The Morgan fingerprint density at radius 2 is 0.866 bits per heavy atom. The lowest BCUT2D eigenvalue weighted by Crippen LogP contribution is -2.71. The van der Waals surface area contributed by atoms with Crippen LogP contribution in [0, 0.1) is 0 Å². The molecule has 5 aliphatic rings. The van der Waals surface area contributed by atoms with E-state index in [1.54, 1.807) is 6.08 Å². The summed E-state index contributed by atoms with van der Waals surface area (Å²) in [6.45, 7) is -0.343. The normalized spacial score (nSPS) is 33.7. The summed E-state index contributed by atoms with van der Waals surface area (Å²) < 4.78 is 58.6. The molecule has 0 saturated carbocycles. The number of carboxylic acid groups (broad SMARTS) is 1. The van der Waals surface area contributed by atoms with Crippen LogP contribution in [0.5, 0.6) is 0 Å². The number of aliphatic carboxylic acids is 1. The van der Waals surface area contributed by atoms with Gasteiger partial charge in [0.15, 0.2) is 25.2 Å². The van der Waals surface area contributed by atoms with Crippen molar-refractivity contribution in [2.75, 3.05) is 39.6 Å². The van der Waals surface area contributed by atoms with Crippen LogP contribution < -0.4 is 10.6 Å². The number of allylic oxidation sites excluding steroid dienone is 1. The predicted molar refractivity (Wildman–Crippen MR) is 404 cm³/mol. The maximum absolute atomic E-state index is 13.6. The third-order valence-electron chi connectivity index (χ3n) is 22.2. The van der Waals surface area contributed by atoms with E-state index in [9.17, 15) is 106 Å². The van der Waals surface area contributed by atoms with Gasteiger partial charge in [0.25, 0.3) is 5.79 Å². The van der Waals surface area contributed by atoms with E-state index in [0.29, 0.717) is 12.8 Å². The second-order valence-electron chi connectivity index (χ2n) is 31.4. The summed E-state index contributed by atoms with van der Waals surface area (Å²) in [6.07, 6.45) is -6.15. The number of carbonyl (C=O) groups excluding carboxylic acids is 2. The smallest absolute Gasteiger partial charge is 0.364 e. The summed E-state index contributed by atoms with van der Waals surface area (Å²) in [4.78, 5) is 39.6. The largest absolute Gasteiger partial charge is 0.477 e. The number of aliphatic hydroxyl groups is 17. The molecule has 28 atom stereocenters. The van der Waals surface area contributed by atoms with E-state index in [0.717, 1.165) is 58.3 Å². The van der Waals surface area contributed by atoms with Gasteiger partial charge in [0.2, 0.25) is 11.8 Å². The first-order chi connectivity index (χ1) is 53.9. The average molecular weight is 1620 g/mol. The molecule has 0 aromatic heterocycles. The van der Waals surface area contributed by atoms with Gasteiger partial charge in [-0.3, -0.25) is 9.59 Å². The lowest BCUT2D eigenvalue weighted by Gasteiger charge is -2.51. The third kappa shape index (κ3) is 32.3. The van der Waals surface area contributed by atoms with E-state index in [1.807, 2.05) is 6.08 Å². The minimum atomic E-state index is -3.22. The highest BCUT2D eigenvalue weighted by molar-refractivity contribution is 5.76. The SMILES string of the molecule is CCCCCCCCCCCCC/C=C/[C@@H](O)[C@H](CO[C@@H]1OC(CO)[C@@H](O[C@@H]2OC(CO)[C@H](O)[C@H](O[C@@H]3OC(CO)[C@@H](O)[C@H](O[C@@H]4OC(CO)[C@H](O)[C@H](O[C@]5(C(=O)O)CC(O)[C@@H](O)C([C@H](O)[C@H](O)CO)O5)C4O)C3NC(C)=O)C2O)[C@H](O)C1O)NC(=O)CCCCCCCCCCCCCCCCCCCCCCCCC. The molecule has 112 heavy (non-hydrogen) atoms. The number of carbonyl (C=O) groups is 3. The van der Waals surface area contributed by atoms with Crippen LogP contribution in [0.25, 0.3) is 0 Å². The summed E-state index contributed by atoms with van der Waals surface area (Å²) >= 11 is 0. The molecule has 5 fully saturated rings. The zero-order chi connectivity index (χ0) is 82.1. The Morgan fingerprint density at radius 1 is 0.464 bits per heavy atom. The molecule has 0 aromatic carbocycles. The maximum atomic E-state index is 13.6. The number of unbranched alkanes of at least 4 members (excludes halogenated alkanes) is 33. The van der Waals surface area contributed by atoms with Crippen molar-refractivity contribution in [3.63, 3.8) is 0 Å². The Bertz CT molecular complexity index is 2520. The second kappa shape index (κ2) is 55.0. The monoisotopic (exact) mass is 1620 g/mol. The number of amides is 2. The Labute approximate surface area is 661 Å². The van der Waals surface area contributed by atoms with Gasteiger partial charge in [-0.15, -0.1) is 0 Å². The molecular weight excluding hydrogens is 1470 g/mol. The molecule has 5 rings (SSSR count). The van der Waals surface area contributed by atoms with Gasteiger partial charge < -0.3 is 150 Å². The van der Waals surface area contributed by atoms with E-state index < -0.39 is 229 Å². The Morgan fingerprint density at radius 3 is 1.31 bits per heavy atom. The van der Waals surface area contributed by atoms with Crippen LogP contribution in [0.15, 0.2) is 12.2 Å². The fraction of sp³-hybridized carbons (Fsp3) is 0.937. The first-order valence-electron chi connectivity index (χ1n) is 42.1. The van der Waals surface area contributed by atoms with Crippen LogP contribution in [0.1, 0.15) is 258 Å². The van der Waals surface area contributed by atoms with Gasteiger partial charge in [-0.2, -0.15) is 0 Å². The van der Waals surface area contributed by atoms with Gasteiger partial charge in [0, 0.05) is 19.8 Å². The quantitative estimate of drug-likeness (QED) is 0.0305. The van der Waals surface area contributed by atoms with Crippen LogP contribution in [-0.4, -0.2) is 321 Å². The molecule has 5 saturated heterocycles. The maximum Gasteiger partial charge on any atom is 0.364 e. The van der Waals surface area contributed by atoms with Gasteiger partial charge in [-0.25, -0.2) is 4.79 Å².